The van der Waals surface area contributed by atoms with E-state index in [1.807, 2.05) is 0 Å². The Morgan fingerprint density at radius 2 is 2.29 bits per heavy atom. The van der Waals surface area contributed by atoms with Crippen LogP contribution in [0.2, 0.25) is 0 Å². The van der Waals surface area contributed by atoms with Gasteiger partial charge >= 0.3 is 5.97 Å². The number of carbonyl (C=O) groups excluding carboxylic acids is 1. The minimum Gasteiger partial charge on any atom is -0.463 e. The number of carbonyl (C=O) groups is 1. The second kappa shape index (κ2) is 6.74. The van der Waals surface area contributed by atoms with Crippen molar-refractivity contribution < 1.29 is 24.5 Å². The van der Waals surface area contributed by atoms with Crippen LogP contribution < -0.4 is 0 Å². The minimum atomic E-state index is -0.950. The number of aliphatic hydroxyl groups excluding tert-OH is 2. The molecule has 1 rings (SSSR count). The van der Waals surface area contributed by atoms with Crippen molar-refractivity contribution in [1.29, 1.82) is 0 Å². The van der Waals surface area contributed by atoms with Gasteiger partial charge in [-0.1, -0.05) is 5.57 Å². The lowest BCUT2D eigenvalue weighted by molar-refractivity contribution is -0.137. The molecular weight excluding hydrogens is 224 g/mol. The van der Waals surface area contributed by atoms with Crippen molar-refractivity contribution in [3.63, 3.8) is 0 Å². The third-order valence-electron chi connectivity index (χ3n) is 2.55. The standard InChI is InChI=1S/C12H19O5/c1-3-16-11(14)7-8(2)6-10-12(15)9(13)4-5-17-10/h4,7,9-10,12-13,15H,3,5-6H2,1-2H3/b8-7+/t9-,10+,12-/m1/s1. The summed E-state index contributed by atoms with van der Waals surface area (Å²) in [6, 6.07) is 0. The van der Waals surface area contributed by atoms with Crippen molar-refractivity contribution >= 4 is 5.97 Å². The van der Waals surface area contributed by atoms with Crippen molar-refractivity contribution in [2.24, 2.45) is 0 Å². The van der Waals surface area contributed by atoms with Gasteiger partial charge in [-0.3, -0.25) is 0 Å². The van der Waals surface area contributed by atoms with Crippen LogP contribution in [0.15, 0.2) is 11.6 Å². The van der Waals surface area contributed by atoms with Gasteiger partial charge in [0.2, 0.25) is 0 Å². The van der Waals surface area contributed by atoms with Crippen LogP contribution in [0.25, 0.3) is 0 Å². The van der Waals surface area contributed by atoms with Crippen molar-refractivity contribution in [2.75, 3.05) is 13.2 Å². The first-order chi connectivity index (χ1) is 8.04. The Morgan fingerprint density at radius 3 is 2.94 bits per heavy atom. The highest BCUT2D eigenvalue weighted by Gasteiger charge is 2.31. The first-order valence-corrected chi connectivity index (χ1v) is 5.69. The van der Waals surface area contributed by atoms with E-state index < -0.39 is 24.3 Å². The number of aliphatic hydroxyl groups is 2. The molecule has 1 aliphatic rings. The van der Waals surface area contributed by atoms with Gasteiger partial charge in [0.1, 0.15) is 6.10 Å². The Labute approximate surface area is 101 Å². The summed E-state index contributed by atoms with van der Waals surface area (Å²) < 4.78 is 10.1. The fourth-order valence-electron chi connectivity index (χ4n) is 1.68. The molecule has 1 fully saturated rings. The van der Waals surface area contributed by atoms with Crippen molar-refractivity contribution in [3.05, 3.63) is 18.1 Å². The zero-order valence-electron chi connectivity index (χ0n) is 10.1. The summed E-state index contributed by atoms with van der Waals surface area (Å²) in [4.78, 5) is 11.2. The van der Waals surface area contributed by atoms with E-state index in [1.54, 1.807) is 13.8 Å². The molecule has 0 unspecified atom stereocenters. The van der Waals surface area contributed by atoms with Gasteiger partial charge in [-0.25, -0.2) is 4.79 Å². The van der Waals surface area contributed by atoms with Gasteiger partial charge in [-0.15, -0.1) is 0 Å². The zero-order chi connectivity index (χ0) is 12.8. The SMILES string of the molecule is CCOC(=O)/C=C(\C)C[C@@H]1OC[CH][C@@H](O)[C@H]1O. The van der Waals surface area contributed by atoms with E-state index in [2.05, 4.69) is 0 Å². The summed E-state index contributed by atoms with van der Waals surface area (Å²) in [5.74, 6) is -0.401. The van der Waals surface area contributed by atoms with Gasteiger partial charge in [-0.05, 0) is 20.3 Å². The Balaban J connectivity index is 2.49. The van der Waals surface area contributed by atoms with Crippen LogP contribution in [0.4, 0.5) is 0 Å². The highest BCUT2D eigenvalue weighted by atomic mass is 16.5. The normalized spacial score (nSPS) is 30.1. The average molecular weight is 243 g/mol. The molecule has 3 atom stereocenters. The molecule has 0 spiro atoms. The summed E-state index contributed by atoms with van der Waals surface area (Å²) in [6.45, 7) is 4.13. The monoisotopic (exact) mass is 243 g/mol. The topological polar surface area (TPSA) is 76.0 Å². The van der Waals surface area contributed by atoms with Crippen molar-refractivity contribution in [2.45, 2.75) is 38.6 Å². The highest BCUT2D eigenvalue weighted by molar-refractivity contribution is 5.82. The van der Waals surface area contributed by atoms with E-state index in [-0.39, 0.29) is 0 Å². The predicted molar refractivity (Wildman–Crippen MR) is 61.1 cm³/mol. The maximum atomic E-state index is 11.2. The van der Waals surface area contributed by atoms with E-state index in [0.29, 0.717) is 19.6 Å². The molecule has 1 aliphatic heterocycles. The molecule has 0 aromatic rings. The lowest BCUT2D eigenvalue weighted by Crippen LogP contribution is -2.44. The maximum Gasteiger partial charge on any atom is 0.330 e. The number of hydrogen-bond donors (Lipinski definition) is 2. The summed E-state index contributed by atoms with van der Waals surface area (Å²) in [5, 5.41) is 19.1. The third-order valence-corrected chi connectivity index (χ3v) is 2.55. The van der Waals surface area contributed by atoms with Crippen LogP contribution in [0.3, 0.4) is 0 Å². The Hall–Kier alpha value is -0.910. The summed E-state index contributed by atoms with van der Waals surface area (Å²) >= 11 is 0. The fourth-order valence-corrected chi connectivity index (χ4v) is 1.68. The number of hydrogen-bond acceptors (Lipinski definition) is 5. The molecule has 0 aliphatic carbocycles. The van der Waals surface area contributed by atoms with Crippen LogP contribution in [0, 0.1) is 6.42 Å². The van der Waals surface area contributed by atoms with Gasteiger partial charge in [-0.2, -0.15) is 0 Å². The molecule has 2 N–H and O–H groups in total. The first-order valence-electron chi connectivity index (χ1n) is 5.69. The van der Waals surface area contributed by atoms with E-state index in [9.17, 15) is 15.0 Å². The maximum absolute atomic E-state index is 11.2. The molecule has 5 heteroatoms. The molecule has 0 saturated carbocycles. The number of rotatable bonds is 4. The van der Waals surface area contributed by atoms with Gasteiger partial charge in [0, 0.05) is 12.5 Å². The Kier molecular flexibility index (Phi) is 5.61. The lowest BCUT2D eigenvalue weighted by Gasteiger charge is -2.31. The van der Waals surface area contributed by atoms with Crippen molar-refractivity contribution in [1.82, 2.24) is 0 Å². The van der Waals surface area contributed by atoms with Crippen LogP contribution in [-0.4, -0.2) is 47.7 Å². The van der Waals surface area contributed by atoms with Gasteiger partial charge in [0.15, 0.2) is 0 Å². The fraction of sp³-hybridized carbons (Fsp3) is 0.667. The summed E-state index contributed by atoms with van der Waals surface area (Å²) in [5.41, 5.74) is 0.751. The molecule has 1 saturated heterocycles. The smallest absolute Gasteiger partial charge is 0.330 e. The van der Waals surface area contributed by atoms with Crippen LogP contribution in [0.1, 0.15) is 20.3 Å². The molecule has 0 bridgehead atoms. The molecule has 0 aromatic carbocycles. The molecule has 1 heterocycles. The predicted octanol–water partition coefficient (Wildman–Crippen LogP) is 0.211. The van der Waals surface area contributed by atoms with Crippen molar-refractivity contribution in [3.8, 4) is 0 Å². The lowest BCUT2D eigenvalue weighted by atomic mass is 9.97. The molecule has 5 nitrogen and oxygen atoms in total. The highest BCUT2D eigenvalue weighted by Crippen LogP contribution is 2.20. The van der Waals surface area contributed by atoms with Gasteiger partial charge in [0.25, 0.3) is 0 Å². The third kappa shape index (κ3) is 4.46. The van der Waals surface area contributed by atoms with E-state index in [1.165, 1.54) is 12.5 Å². The van der Waals surface area contributed by atoms with Crippen LogP contribution >= 0.6 is 0 Å². The molecule has 1 radical (unpaired) electrons. The zero-order valence-corrected chi connectivity index (χ0v) is 10.1. The summed E-state index contributed by atoms with van der Waals surface area (Å²) in [6.07, 6.45) is 0.972. The van der Waals surface area contributed by atoms with E-state index >= 15 is 0 Å². The molecule has 0 amide bonds. The molecule has 17 heavy (non-hydrogen) atoms. The van der Waals surface area contributed by atoms with Crippen LogP contribution in [0.5, 0.6) is 0 Å². The number of ether oxygens (including phenoxy) is 2. The molecule has 0 aromatic heterocycles. The van der Waals surface area contributed by atoms with Gasteiger partial charge in [0.05, 0.1) is 25.4 Å². The van der Waals surface area contributed by atoms with Gasteiger partial charge < -0.3 is 19.7 Å². The van der Waals surface area contributed by atoms with E-state index in [0.717, 1.165) is 5.57 Å². The minimum absolute atomic E-state index is 0.301. The quantitative estimate of drug-likeness (QED) is 0.545. The second-order valence-corrected chi connectivity index (χ2v) is 4.04. The summed E-state index contributed by atoms with van der Waals surface area (Å²) in [7, 11) is 0. The Bertz CT molecular complexity index is 287. The van der Waals surface area contributed by atoms with Crippen LogP contribution in [-0.2, 0) is 14.3 Å². The Morgan fingerprint density at radius 1 is 1.59 bits per heavy atom. The average Bonchev–Trinajstić information content (AvgIpc) is 2.25. The second-order valence-electron chi connectivity index (χ2n) is 4.04. The number of esters is 1. The first kappa shape index (κ1) is 14.2. The van der Waals surface area contributed by atoms with E-state index in [4.69, 9.17) is 9.47 Å². The molecular formula is C12H19O5. The molecule has 97 valence electrons. The largest absolute Gasteiger partial charge is 0.463 e.